The van der Waals surface area contributed by atoms with Crippen molar-refractivity contribution in [3.63, 3.8) is 0 Å². The fourth-order valence-electron chi connectivity index (χ4n) is 2.24. The molecule has 1 saturated carbocycles. The standard InChI is InChI=1S/C13H16ClF2N/c14-12-3-1-10(2-4-12)8-17-9-11-5-6-13(15,16)7-11/h1-4,11,17H,5-9H2. The zero-order valence-corrected chi connectivity index (χ0v) is 10.3. The lowest BCUT2D eigenvalue weighted by atomic mass is 10.1. The summed E-state index contributed by atoms with van der Waals surface area (Å²) in [6, 6.07) is 7.56. The van der Waals surface area contributed by atoms with Gasteiger partial charge in [0.15, 0.2) is 0 Å². The van der Waals surface area contributed by atoms with Crippen molar-refractivity contribution in [3.05, 3.63) is 34.9 Å². The zero-order valence-electron chi connectivity index (χ0n) is 9.56. The highest BCUT2D eigenvalue weighted by Gasteiger charge is 2.38. The summed E-state index contributed by atoms with van der Waals surface area (Å²) < 4.78 is 25.9. The lowest BCUT2D eigenvalue weighted by Crippen LogP contribution is -2.22. The Hall–Kier alpha value is -0.670. The molecule has 1 unspecified atom stereocenters. The van der Waals surface area contributed by atoms with Gasteiger partial charge in [0, 0.05) is 24.4 Å². The molecule has 4 heteroatoms. The molecule has 94 valence electrons. The molecule has 1 aliphatic carbocycles. The van der Waals surface area contributed by atoms with E-state index in [0.29, 0.717) is 24.5 Å². The van der Waals surface area contributed by atoms with Crippen LogP contribution in [-0.4, -0.2) is 12.5 Å². The van der Waals surface area contributed by atoms with Crippen LogP contribution in [0.2, 0.25) is 5.02 Å². The maximum atomic E-state index is 12.9. The normalized spacial score (nSPS) is 22.9. The Morgan fingerprint density at radius 3 is 2.59 bits per heavy atom. The number of hydrogen-bond donors (Lipinski definition) is 1. The van der Waals surface area contributed by atoms with Crippen LogP contribution in [0.3, 0.4) is 0 Å². The van der Waals surface area contributed by atoms with E-state index < -0.39 is 5.92 Å². The summed E-state index contributed by atoms with van der Waals surface area (Å²) in [6.07, 6.45) is 0.696. The summed E-state index contributed by atoms with van der Waals surface area (Å²) in [5.41, 5.74) is 1.12. The van der Waals surface area contributed by atoms with Crippen LogP contribution in [0.25, 0.3) is 0 Å². The van der Waals surface area contributed by atoms with Gasteiger partial charge in [-0.3, -0.25) is 0 Å². The Labute approximate surface area is 105 Å². The number of benzene rings is 1. The molecule has 1 fully saturated rings. The van der Waals surface area contributed by atoms with Crippen molar-refractivity contribution in [1.29, 1.82) is 0 Å². The Morgan fingerprint density at radius 1 is 1.29 bits per heavy atom. The van der Waals surface area contributed by atoms with Crippen LogP contribution in [0, 0.1) is 5.92 Å². The predicted molar refractivity (Wildman–Crippen MR) is 65.4 cm³/mol. The monoisotopic (exact) mass is 259 g/mol. The molecule has 17 heavy (non-hydrogen) atoms. The van der Waals surface area contributed by atoms with Gasteiger partial charge in [-0.25, -0.2) is 8.78 Å². The molecule has 1 aromatic carbocycles. The van der Waals surface area contributed by atoms with Gasteiger partial charge in [0.25, 0.3) is 0 Å². The smallest absolute Gasteiger partial charge is 0.248 e. The van der Waals surface area contributed by atoms with E-state index in [1.54, 1.807) is 0 Å². The molecule has 1 aromatic rings. The molecule has 0 amide bonds. The van der Waals surface area contributed by atoms with Gasteiger partial charge in [-0.15, -0.1) is 0 Å². The largest absolute Gasteiger partial charge is 0.312 e. The summed E-state index contributed by atoms with van der Waals surface area (Å²) in [6.45, 7) is 1.37. The molecule has 0 spiro atoms. The Balaban J connectivity index is 1.71. The van der Waals surface area contributed by atoms with Crippen LogP contribution >= 0.6 is 11.6 Å². The first-order valence-corrected chi connectivity index (χ1v) is 6.26. The summed E-state index contributed by atoms with van der Waals surface area (Å²) in [7, 11) is 0. The first kappa shape index (κ1) is 12.8. The topological polar surface area (TPSA) is 12.0 Å². The van der Waals surface area contributed by atoms with Crippen LogP contribution < -0.4 is 5.32 Å². The minimum absolute atomic E-state index is 0.0284. The van der Waals surface area contributed by atoms with Gasteiger partial charge in [0.1, 0.15) is 0 Å². The number of hydrogen-bond acceptors (Lipinski definition) is 1. The molecule has 0 aromatic heterocycles. The van der Waals surface area contributed by atoms with Crippen molar-refractivity contribution in [2.24, 2.45) is 5.92 Å². The van der Waals surface area contributed by atoms with Gasteiger partial charge < -0.3 is 5.32 Å². The van der Waals surface area contributed by atoms with Crippen molar-refractivity contribution in [2.45, 2.75) is 31.7 Å². The van der Waals surface area contributed by atoms with E-state index in [9.17, 15) is 8.78 Å². The fourth-order valence-corrected chi connectivity index (χ4v) is 2.36. The molecule has 0 saturated heterocycles. The van der Waals surface area contributed by atoms with E-state index in [2.05, 4.69) is 5.32 Å². The minimum Gasteiger partial charge on any atom is -0.312 e. The maximum Gasteiger partial charge on any atom is 0.248 e. The van der Waals surface area contributed by atoms with Crippen LogP contribution in [-0.2, 0) is 6.54 Å². The quantitative estimate of drug-likeness (QED) is 0.866. The molecule has 1 N–H and O–H groups in total. The van der Waals surface area contributed by atoms with Crippen LogP contribution in [0.15, 0.2) is 24.3 Å². The summed E-state index contributed by atoms with van der Waals surface area (Å²) in [5, 5.41) is 3.94. The number of halogens is 3. The SMILES string of the molecule is FC1(F)CCC(CNCc2ccc(Cl)cc2)C1. The zero-order chi connectivity index (χ0) is 12.3. The van der Waals surface area contributed by atoms with Gasteiger partial charge in [-0.1, -0.05) is 23.7 Å². The number of alkyl halides is 2. The molecule has 1 nitrogen and oxygen atoms in total. The van der Waals surface area contributed by atoms with Gasteiger partial charge in [-0.05, 0) is 36.6 Å². The second-order valence-corrected chi connectivity index (χ2v) is 5.16. The Bertz CT molecular complexity index is 364. The highest BCUT2D eigenvalue weighted by Crippen LogP contribution is 2.38. The maximum absolute atomic E-state index is 12.9. The van der Waals surface area contributed by atoms with Crippen LogP contribution in [0.1, 0.15) is 24.8 Å². The molecule has 1 atom stereocenters. The number of nitrogens with one attached hydrogen (secondary N) is 1. The van der Waals surface area contributed by atoms with Crippen molar-refractivity contribution >= 4 is 11.6 Å². The van der Waals surface area contributed by atoms with E-state index in [0.717, 1.165) is 5.56 Å². The van der Waals surface area contributed by atoms with E-state index in [-0.39, 0.29) is 18.8 Å². The van der Waals surface area contributed by atoms with Crippen LogP contribution in [0.5, 0.6) is 0 Å². The molecule has 0 radical (unpaired) electrons. The average molecular weight is 260 g/mol. The lowest BCUT2D eigenvalue weighted by molar-refractivity contribution is 0.00508. The van der Waals surface area contributed by atoms with Crippen molar-refractivity contribution in [2.75, 3.05) is 6.54 Å². The third-order valence-electron chi connectivity index (χ3n) is 3.18. The summed E-state index contributed by atoms with van der Waals surface area (Å²) in [5.74, 6) is -2.33. The Kier molecular flexibility index (Phi) is 4.00. The third kappa shape index (κ3) is 3.93. The molecule has 0 bridgehead atoms. The van der Waals surface area contributed by atoms with Gasteiger partial charge in [0.05, 0.1) is 0 Å². The molecule has 0 aliphatic heterocycles. The Morgan fingerprint density at radius 2 is 2.00 bits per heavy atom. The lowest BCUT2D eigenvalue weighted by Gasteiger charge is -2.11. The van der Waals surface area contributed by atoms with Crippen molar-refractivity contribution in [1.82, 2.24) is 5.32 Å². The predicted octanol–water partition coefficient (Wildman–Crippen LogP) is 3.87. The van der Waals surface area contributed by atoms with E-state index in [1.807, 2.05) is 24.3 Å². The first-order valence-electron chi connectivity index (χ1n) is 5.88. The van der Waals surface area contributed by atoms with Gasteiger partial charge in [-0.2, -0.15) is 0 Å². The summed E-state index contributed by atoms with van der Waals surface area (Å²) in [4.78, 5) is 0. The molecular weight excluding hydrogens is 244 g/mol. The third-order valence-corrected chi connectivity index (χ3v) is 3.43. The average Bonchev–Trinajstić information content (AvgIpc) is 2.61. The number of rotatable bonds is 4. The minimum atomic E-state index is -2.44. The van der Waals surface area contributed by atoms with E-state index in [4.69, 9.17) is 11.6 Å². The fraction of sp³-hybridized carbons (Fsp3) is 0.538. The van der Waals surface area contributed by atoms with Crippen LogP contribution in [0.4, 0.5) is 8.78 Å². The summed E-state index contributed by atoms with van der Waals surface area (Å²) >= 11 is 5.78. The molecule has 2 rings (SSSR count). The van der Waals surface area contributed by atoms with E-state index in [1.165, 1.54) is 0 Å². The second kappa shape index (κ2) is 5.32. The van der Waals surface area contributed by atoms with Gasteiger partial charge in [0.2, 0.25) is 5.92 Å². The highest BCUT2D eigenvalue weighted by molar-refractivity contribution is 6.30. The highest BCUT2D eigenvalue weighted by atomic mass is 35.5. The second-order valence-electron chi connectivity index (χ2n) is 4.72. The molecule has 0 heterocycles. The molecular formula is C13H16ClF2N. The van der Waals surface area contributed by atoms with Crippen molar-refractivity contribution in [3.8, 4) is 0 Å². The van der Waals surface area contributed by atoms with Gasteiger partial charge >= 0.3 is 0 Å². The van der Waals surface area contributed by atoms with E-state index >= 15 is 0 Å². The molecule has 1 aliphatic rings. The van der Waals surface area contributed by atoms with Crippen molar-refractivity contribution < 1.29 is 8.78 Å². The first-order chi connectivity index (χ1) is 8.05.